The van der Waals surface area contributed by atoms with Gasteiger partial charge in [0.05, 0.1) is 23.0 Å². The minimum Gasteiger partial charge on any atom is -1.00 e. The van der Waals surface area contributed by atoms with Gasteiger partial charge in [-0.25, -0.2) is 0 Å². The summed E-state index contributed by atoms with van der Waals surface area (Å²) in [4.78, 5) is 2.90. The van der Waals surface area contributed by atoms with E-state index in [0.717, 1.165) is 39.1 Å². The molecule has 0 aliphatic carbocycles. The third-order valence-corrected chi connectivity index (χ3v) is 8.92. The van der Waals surface area contributed by atoms with Gasteiger partial charge in [-0.1, -0.05) is 46.9 Å². The molecule has 0 N–H and O–H groups in total. The minimum absolute atomic E-state index is 0. The molecule has 2 heterocycles. The van der Waals surface area contributed by atoms with E-state index in [0.29, 0.717) is 0 Å². The van der Waals surface area contributed by atoms with Crippen molar-refractivity contribution in [2.24, 2.45) is 0 Å². The Morgan fingerprint density at radius 3 is 1.36 bits per heavy atom. The molecule has 0 saturated heterocycles. The smallest absolute Gasteiger partial charge is 0.225 e. The summed E-state index contributed by atoms with van der Waals surface area (Å²) in [5, 5.41) is 0. The Morgan fingerprint density at radius 2 is 1.00 bits per heavy atom. The van der Waals surface area contributed by atoms with Crippen LogP contribution in [0.2, 0.25) is 0 Å². The van der Waals surface area contributed by atoms with E-state index in [2.05, 4.69) is 58.3 Å². The van der Waals surface area contributed by atoms with Gasteiger partial charge in [0.1, 0.15) is 13.1 Å². The molecule has 8 heteroatoms. The second kappa shape index (κ2) is 18.3. The SMILES string of the molecule is COCCc1sc[n+](CCCCc2ccc(CCCC[n+]3csc(CCOC)c3C)cc2)c1C.[Cl-].[Cl-]. The van der Waals surface area contributed by atoms with Gasteiger partial charge in [0.2, 0.25) is 11.0 Å². The lowest BCUT2D eigenvalue weighted by atomic mass is 10.0. The zero-order valence-electron chi connectivity index (χ0n) is 22.2. The van der Waals surface area contributed by atoms with Gasteiger partial charge in [-0.2, -0.15) is 9.13 Å². The lowest BCUT2D eigenvalue weighted by molar-refractivity contribution is -0.698. The molecule has 0 fully saturated rings. The van der Waals surface area contributed by atoms with Crippen LogP contribution in [0.3, 0.4) is 0 Å². The van der Waals surface area contributed by atoms with E-state index in [4.69, 9.17) is 9.47 Å². The first-order valence-corrected chi connectivity index (χ1v) is 14.4. The topological polar surface area (TPSA) is 26.2 Å². The normalized spacial score (nSPS) is 10.8. The maximum Gasteiger partial charge on any atom is 0.225 e. The second-order valence-corrected chi connectivity index (χ2v) is 10.9. The van der Waals surface area contributed by atoms with Gasteiger partial charge in [0, 0.05) is 53.8 Å². The highest BCUT2D eigenvalue weighted by molar-refractivity contribution is 7.09. The molecule has 0 atom stereocenters. The summed E-state index contributed by atoms with van der Waals surface area (Å²) in [5.74, 6) is 0. The number of hydrogen-bond donors (Lipinski definition) is 0. The van der Waals surface area contributed by atoms with Gasteiger partial charge < -0.3 is 34.3 Å². The van der Waals surface area contributed by atoms with Crippen LogP contribution >= 0.6 is 22.7 Å². The molecule has 3 rings (SSSR count). The van der Waals surface area contributed by atoms with Gasteiger partial charge in [-0.15, -0.1) is 0 Å². The van der Waals surface area contributed by atoms with E-state index in [9.17, 15) is 0 Å². The molecule has 0 aliphatic heterocycles. The van der Waals surface area contributed by atoms with Crippen molar-refractivity contribution in [3.05, 3.63) is 67.6 Å². The Kier molecular flexibility index (Phi) is 16.7. The average molecular weight is 574 g/mol. The largest absolute Gasteiger partial charge is 1.00 e. The minimum atomic E-state index is 0. The number of nitrogens with zero attached hydrogens (tertiary/aromatic N) is 2. The highest BCUT2D eigenvalue weighted by Crippen LogP contribution is 2.15. The standard InChI is InChI=1S/C28H42N2O2S2.2ClH/c1-23-27(15-19-31-3)33-21-29(23)17-7-5-9-25-11-13-26(14-12-25)10-6-8-18-30-22-34-28(24(30)2)16-20-32-4;;/h11-14,21-22H,5-10,15-20H2,1-4H3;2*1H/q+2;;/p-2. The third-order valence-electron chi connectivity index (χ3n) is 6.63. The Hall–Kier alpha value is -1.02. The number of benzene rings is 1. The molecule has 0 aliphatic rings. The molecule has 3 aromatic rings. The summed E-state index contributed by atoms with van der Waals surface area (Å²) in [6, 6.07) is 9.34. The van der Waals surface area contributed by atoms with Crippen LogP contribution in [0.1, 0.15) is 58.0 Å². The summed E-state index contributed by atoms with van der Waals surface area (Å²) >= 11 is 3.72. The molecule has 0 bridgehead atoms. The van der Waals surface area contributed by atoms with Crippen molar-refractivity contribution < 1.29 is 43.4 Å². The summed E-state index contributed by atoms with van der Waals surface area (Å²) in [7, 11) is 3.55. The molecule has 0 unspecified atom stereocenters. The molecule has 0 radical (unpaired) electrons. The molecule has 4 nitrogen and oxygen atoms in total. The van der Waals surface area contributed by atoms with Gasteiger partial charge >= 0.3 is 0 Å². The average Bonchev–Trinajstić information content (AvgIpc) is 3.39. The molecular formula is C28H42Cl2N2O2S2. The molecule has 0 spiro atoms. The zero-order chi connectivity index (χ0) is 24.2. The van der Waals surface area contributed by atoms with E-state index >= 15 is 0 Å². The number of rotatable bonds is 16. The van der Waals surface area contributed by atoms with Crippen molar-refractivity contribution in [1.29, 1.82) is 0 Å². The van der Waals surface area contributed by atoms with E-state index in [1.54, 1.807) is 14.2 Å². The fraction of sp³-hybridized carbons (Fsp3) is 0.571. The van der Waals surface area contributed by atoms with E-state index in [-0.39, 0.29) is 24.8 Å². The second-order valence-electron chi connectivity index (χ2n) is 9.07. The van der Waals surface area contributed by atoms with Gasteiger partial charge in [-0.05, 0) is 36.8 Å². The number of thiazole rings is 2. The Labute approximate surface area is 238 Å². The Balaban J connectivity index is 0.00000324. The van der Waals surface area contributed by atoms with Crippen LogP contribution in [-0.4, -0.2) is 27.4 Å². The van der Waals surface area contributed by atoms with Crippen molar-refractivity contribution in [3.8, 4) is 0 Å². The molecule has 0 amide bonds. The number of methoxy groups -OCH3 is 2. The maximum atomic E-state index is 5.22. The predicted molar refractivity (Wildman–Crippen MR) is 142 cm³/mol. The Bertz CT molecular complexity index is 911. The number of aryl methyl sites for hydroxylation is 4. The van der Waals surface area contributed by atoms with Crippen LogP contribution in [-0.2, 0) is 48.2 Å². The monoisotopic (exact) mass is 572 g/mol. The van der Waals surface area contributed by atoms with Crippen LogP contribution in [0.15, 0.2) is 35.3 Å². The van der Waals surface area contributed by atoms with E-state index in [1.165, 1.54) is 70.8 Å². The van der Waals surface area contributed by atoms with E-state index < -0.39 is 0 Å². The molecule has 0 saturated carbocycles. The zero-order valence-corrected chi connectivity index (χ0v) is 25.4. The fourth-order valence-electron chi connectivity index (χ4n) is 4.31. The lowest BCUT2D eigenvalue weighted by Crippen LogP contribution is -3.00. The first-order chi connectivity index (χ1) is 16.6. The molecular weight excluding hydrogens is 531 g/mol. The van der Waals surface area contributed by atoms with Crippen LogP contribution in [0.5, 0.6) is 0 Å². The van der Waals surface area contributed by atoms with Crippen LogP contribution < -0.4 is 33.9 Å². The maximum absolute atomic E-state index is 5.22. The van der Waals surface area contributed by atoms with Crippen LogP contribution in [0.25, 0.3) is 0 Å². The van der Waals surface area contributed by atoms with Crippen molar-refractivity contribution in [2.45, 2.75) is 78.3 Å². The number of aromatic nitrogens is 2. The lowest BCUT2D eigenvalue weighted by Gasteiger charge is -2.04. The number of hydrogen-bond acceptors (Lipinski definition) is 4. The third kappa shape index (κ3) is 10.4. The first kappa shape index (κ1) is 33.0. The fourth-order valence-corrected chi connectivity index (χ4v) is 6.32. The van der Waals surface area contributed by atoms with Crippen molar-refractivity contribution in [2.75, 3.05) is 27.4 Å². The van der Waals surface area contributed by atoms with Gasteiger partial charge in [0.25, 0.3) is 0 Å². The summed E-state index contributed by atoms with van der Waals surface area (Å²) < 4.78 is 15.3. The highest BCUT2D eigenvalue weighted by Gasteiger charge is 2.15. The van der Waals surface area contributed by atoms with E-state index in [1.807, 2.05) is 22.7 Å². The predicted octanol–water partition coefficient (Wildman–Crippen LogP) is -0.567. The number of ether oxygens (including phenoxy) is 2. The van der Waals surface area contributed by atoms with Gasteiger partial charge in [-0.3, -0.25) is 0 Å². The quantitative estimate of drug-likeness (QED) is 0.170. The molecule has 202 valence electrons. The van der Waals surface area contributed by atoms with Crippen molar-refractivity contribution >= 4 is 22.7 Å². The number of unbranched alkanes of at least 4 members (excludes halogenated alkanes) is 2. The molecule has 2 aromatic heterocycles. The molecule has 36 heavy (non-hydrogen) atoms. The Morgan fingerprint density at radius 1 is 0.611 bits per heavy atom. The summed E-state index contributed by atoms with van der Waals surface area (Å²) in [6.07, 6.45) is 9.29. The van der Waals surface area contributed by atoms with Gasteiger partial charge in [0.15, 0.2) is 11.4 Å². The van der Waals surface area contributed by atoms with Crippen LogP contribution in [0.4, 0.5) is 0 Å². The summed E-state index contributed by atoms with van der Waals surface area (Å²) in [6.45, 7) is 8.31. The first-order valence-electron chi connectivity index (χ1n) is 12.6. The number of halogens is 2. The highest BCUT2D eigenvalue weighted by atomic mass is 35.5. The van der Waals surface area contributed by atoms with Crippen LogP contribution in [0, 0.1) is 13.8 Å². The molecule has 1 aromatic carbocycles. The van der Waals surface area contributed by atoms with Crippen molar-refractivity contribution in [3.63, 3.8) is 0 Å². The van der Waals surface area contributed by atoms with Crippen molar-refractivity contribution in [1.82, 2.24) is 0 Å². The summed E-state index contributed by atoms with van der Waals surface area (Å²) in [5.41, 5.74) is 10.3.